The fraction of sp³-hybridized carbons (Fsp3) is 0.462. The molecule has 0 saturated carbocycles. The zero-order valence-electron chi connectivity index (χ0n) is 10.7. The van der Waals surface area contributed by atoms with Crippen molar-refractivity contribution < 1.29 is 14.6 Å². The van der Waals surface area contributed by atoms with Gasteiger partial charge in [0, 0.05) is 13.1 Å². The Morgan fingerprint density at radius 3 is 2.84 bits per heavy atom. The van der Waals surface area contributed by atoms with Gasteiger partial charge in [-0.1, -0.05) is 6.07 Å². The van der Waals surface area contributed by atoms with Gasteiger partial charge in [0.15, 0.2) is 0 Å². The quantitative estimate of drug-likeness (QED) is 0.846. The molecule has 19 heavy (non-hydrogen) atoms. The maximum absolute atomic E-state index is 10.7. The Morgan fingerprint density at radius 2 is 2.32 bits per heavy atom. The molecular weight excluding hydrogens is 312 g/mol. The summed E-state index contributed by atoms with van der Waals surface area (Å²) in [5, 5.41) is 8.78. The maximum Gasteiger partial charge on any atom is 0.320 e. The van der Waals surface area contributed by atoms with E-state index in [9.17, 15) is 4.79 Å². The number of hydrogen-bond acceptors (Lipinski definition) is 4. The van der Waals surface area contributed by atoms with Crippen LogP contribution in [0.3, 0.4) is 0 Å². The number of rotatable bonds is 5. The molecule has 1 heterocycles. The molecule has 0 amide bonds. The molecule has 0 radical (unpaired) electrons. The van der Waals surface area contributed by atoms with E-state index >= 15 is 0 Å². The molecular formula is C13H17BrN2O3. The molecule has 1 saturated heterocycles. The summed E-state index contributed by atoms with van der Waals surface area (Å²) in [4.78, 5) is 12.9. The summed E-state index contributed by atoms with van der Waals surface area (Å²) in [6, 6.07) is 4.69. The first-order valence-electron chi connectivity index (χ1n) is 6.07. The molecule has 5 nitrogen and oxygen atoms in total. The molecule has 0 aliphatic carbocycles. The molecule has 0 bridgehead atoms. The van der Waals surface area contributed by atoms with Crippen LogP contribution in [-0.2, 0) is 11.2 Å². The first kappa shape index (κ1) is 14.3. The second kappa shape index (κ2) is 5.90. The van der Waals surface area contributed by atoms with Crippen molar-refractivity contribution in [3.63, 3.8) is 0 Å². The zero-order valence-corrected chi connectivity index (χ0v) is 12.3. The van der Waals surface area contributed by atoms with Crippen LogP contribution in [0.5, 0.6) is 5.75 Å². The summed E-state index contributed by atoms with van der Waals surface area (Å²) in [6.45, 7) is 1.86. The minimum Gasteiger partial charge on any atom is -0.487 e. The third-order valence-corrected chi connectivity index (χ3v) is 3.71. The summed E-state index contributed by atoms with van der Waals surface area (Å²) >= 11 is 3.44. The molecule has 0 spiro atoms. The van der Waals surface area contributed by atoms with E-state index in [2.05, 4.69) is 20.8 Å². The lowest BCUT2D eigenvalue weighted by atomic mass is 10.1. The molecule has 1 aliphatic heterocycles. The summed E-state index contributed by atoms with van der Waals surface area (Å²) in [5.41, 5.74) is 6.39. The predicted molar refractivity (Wildman–Crippen MR) is 75.4 cm³/mol. The normalized spacial score (nSPS) is 17.8. The number of carboxylic acid groups (broad SMARTS) is 1. The molecule has 6 heteroatoms. The highest BCUT2D eigenvalue weighted by atomic mass is 79.9. The summed E-state index contributed by atoms with van der Waals surface area (Å²) < 4.78 is 6.65. The van der Waals surface area contributed by atoms with Crippen LogP contribution in [0.2, 0.25) is 0 Å². The first-order valence-corrected chi connectivity index (χ1v) is 6.87. The van der Waals surface area contributed by atoms with Crippen LogP contribution >= 0.6 is 15.9 Å². The van der Waals surface area contributed by atoms with Crippen molar-refractivity contribution in [2.24, 2.45) is 5.73 Å². The van der Waals surface area contributed by atoms with Crippen LogP contribution in [0, 0.1) is 0 Å². The fourth-order valence-electron chi connectivity index (χ4n) is 2.00. The number of nitrogens with two attached hydrogens (primary N) is 1. The van der Waals surface area contributed by atoms with E-state index in [0.29, 0.717) is 6.42 Å². The molecule has 2 rings (SSSR count). The van der Waals surface area contributed by atoms with Crippen LogP contribution in [0.15, 0.2) is 22.7 Å². The van der Waals surface area contributed by atoms with Gasteiger partial charge in [-0.25, -0.2) is 0 Å². The molecule has 1 aliphatic rings. The largest absolute Gasteiger partial charge is 0.487 e. The lowest BCUT2D eigenvalue weighted by molar-refractivity contribution is -0.138. The van der Waals surface area contributed by atoms with Gasteiger partial charge in [0.2, 0.25) is 0 Å². The van der Waals surface area contributed by atoms with Crippen molar-refractivity contribution in [3.8, 4) is 5.75 Å². The van der Waals surface area contributed by atoms with Gasteiger partial charge in [0.1, 0.15) is 17.9 Å². The Hall–Kier alpha value is -1.11. The number of ether oxygens (including phenoxy) is 1. The van der Waals surface area contributed by atoms with Crippen LogP contribution in [0.4, 0.5) is 0 Å². The van der Waals surface area contributed by atoms with Crippen molar-refractivity contribution in [1.29, 1.82) is 0 Å². The van der Waals surface area contributed by atoms with Crippen molar-refractivity contribution in [2.75, 3.05) is 20.1 Å². The first-order chi connectivity index (χ1) is 8.95. The standard InChI is InChI=1S/C13H17BrN2O3/c1-16-6-9(7-16)19-12-3-2-8(4-10(12)14)5-11(15)13(17)18/h2-4,9,11H,5-7,15H2,1H3,(H,17,18). The number of benzene rings is 1. The van der Waals surface area contributed by atoms with Crippen LogP contribution < -0.4 is 10.5 Å². The Labute approximate surface area is 120 Å². The number of nitrogens with zero attached hydrogens (tertiary/aromatic N) is 1. The van der Waals surface area contributed by atoms with Gasteiger partial charge >= 0.3 is 5.97 Å². The Kier molecular flexibility index (Phi) is 4.44. The molecule has 1 aromatic rings. The molecule has 1 atom stereocenters. The average molecular weight is 329 g/mol. The number of hydrogen-bond donors (Lipinski definition) is 2. The van der Waals surface area contributed by atoms with E-state index in [1.165, 1.54) is 0 Å². The highest BCUT2D eigenvalue weighted by molar-refractivity contribution is 9.10. The number of carbonyl (C=O) groups is 1. The summed E-state index contributed by atoms with van der Waals surface area (Å²) in [6.07, 6.45) is 0.536. The van der Waals surface area contributed by atoms with E-state index in [1.54, 1.807) is 0 Å². The third kappa shape index (κ3) is 3.68. The molecule has 1 unspecified atom stereocenters. The number of halogens is 1. The smallest absolute Gasteiger partial charge is 0.320 e. The Bertz CT molecular complexity index is 475. The average Bonchev–Trinajstić information content (AvgIpc) is 2.30. The van der Waals surface area contributed by atoms with Gasteiger partial charge < -0.3 is 15.6 Å². The van der Waals surface area contributed by atoms with Crippen molar-refractivity contribution in [3.05, 3.63) is 28.2 Å². The van der Waals surface area contributed by atoms with Crippen LogP contribution in [-0.4, -0.2) is 48.3 Å². The second-order valence-corrected chi connectivity index (χ2v) is 5.73. The zero-order chi connectivity index (χ0) is 14.0. The summed E-state index contributed by atoms with van der Waals surface area (Å²) in [5.74, 6) is -0.209. The van der Waals surface area contributed by atoms with Crippen LogP contribution in [0.25, 0.3) is 0 Å². The van der Waals surface area contributed by atoms with E-state index in [4.69, 9.17) is 15.6 Å². The monoisotopic (exact) mass is 328 g/mol. The Morgan fingerprint density at radius 1 is 1.63 bits per heavy atom. The highest BCUT2D eigenvalue weighted by Crippen LogP contribution is 2.28. The lowest BCUT2D eigenvalue weighted by Crippen LogP contribution is -2.51. The van der Waals surface area contributed by atoms with Gasteiger partial charge in [0.05, 0.1) is 4.47 Å². The number of aliphatic carboxylic acids is 1. The van der Waals surface area contributed by atoms with Crippen LogP contribution in [0.1, 0.15) is 5.56 Å². The van der Waals surface area contributed by atoms with E-state index in [-0.39, 0.29) is 6.10 Å². The molecule has 1 aromatic carbocycles. The maximum atomic E-state index is 10.7. The minimum atomic E-state index is -0.992. The van der Waals surface area contributed by atoms with E-state index < -0.39 is 12.0 Å². The fourth-order valence-corrected chi connectivity index (χ4v) is 2.52. The van der Waals surface area contributed by atoms with E-state index in [0.717, 1.165) is 28.9 Å². The van der Waals surface area contributed by atoms with Gasteiger partial charge in [-0.3, -0.25) is 9.69 Å². The number of likely N-dealkylation sites (tertiary alicyclic amines) is 1. The summed E-state index contributed by atoms with van der Waals surface area (Å²) in [7, 11) is 2.05. The van der Waals surface area contributed by atoms with Crippen molar-refractivity contribution in [1.82, 2.24) is 4.90 Å². The topological polar surface area (TPSA) is 75.8 Å². The molecule has 0 aromatic heterocycles. The van der Waals surface area contributed by atoms with Crippen molar-refractivity contribution >= 4 is 21.9 Å². The van der Waals surface area contributed by atoms with Crippen molar-refractivity contribution in [2.45, 2.75) is 18.6 Å². The highest BCUT2D eigenvalue weighted by Gasteiger charge is 2.25. The number of likely N-dealkylation sites (N-methyl/N-ethyl adjacent to an activating group) is 1. The van der Waals surface area contributed by atoms with Gasteiger partial charge in [-0.2, -0.15) is 0 Å². The second-order valence-electron chi connectivity index (χ2n) is 4.87. The van der Waals surface area contributed by atoms with Gasteiger partial charge in [0.25, 0.3) is 0 Å². The lowest BCUT2D eigenvalue weighted by Gasteiger charge is -2.36. The van der Waals surface area contributed by atoms with Gasteiger partial charge in [-0.05, 0) is 47.1 Å². The Balaban J connectivity index is 1.98. The third-order valence-electron chi connectivity index (χ3n) is 3.09. The van der Waals surface area contributed by atoms with Gasteiger partial charge in [-0.15, -0.1) is 0 Å². The molecule has 1 fully saturated rings. The predicted octanol–water partition coefficient (Wildman–Crippen LogP) is 1.10. The molecule has 3 N–H and O–H groups in total. The minimum absolute atomic E-state index is 0.230. The molecule has 104 valence electrons. The number of carboxylic acids is 1. The van der Waals surface area contributed by atoms with E-state index in [1.807, 2.05) is 25.2 Å². The SMILES string of the molecule is CN1CC(Oc2ccc(CC(N)C(=O)O)cc2Br)C1.